The van der Waals surface area contributed by atoms with Crippen LogP contribution in [0, 0.1) is 5.92 Å². The van der Waals surface area contributed by atoms with Crippen LogP contribution in [0.25, 0.3) is 0 Å². The summed E-state index contributed by atoms with van der Waals surface area (Å²) in [6.45, 7) is 10.9. The summed E-state index contributed by atoms with van der Waals surface area (Å²) in [6.07, 6.45) is 2.17. The fourth-order valence-electron chi connectivity index (χ4n) is 3.15. The van der Waals surface area contributed by atoms with Crippen molar-refractivity contribution in [2.45, 2.75) is 46.2 Å². The number of carbonyl (C=O) groups is 1. The highest BCUT2D eigenvalue weighted by Crippen LogP contribution is 2.15. The van der Waals surface area contributed by atoms with Crippen LogP contribution in [0.1, 0.15) is 39.2 Å². The summed E-state index contributed by atoms with van der Waals surface area (Å²) in [5, 5.41) is 10.5. The largest absolute Gasteiger partial charge is 0.357 e. The van der Waals surface area contributed by atoms with Crippen molar-refractivity contribution in [1.82, 2.24) is 20.9 Å². The molecule has 1 aliphatic heterocycles. The lowest BCUT2D eigenvalue weighted by Gasteiger charge is -2.33. The minimum absolute atomic E-state index is 0. The van der Waals surface area contributed by atoms with Gasteiger partial charge in [0.2, 0.25) is 5.91 Å². The Kier molecular flexibility index (Phi) is 12.6. The second-order valence-electron chi connectivity index (χ2n) is 7.53. The molecule has 8 heteroatoms. The van der Waals surface area contributed by atoms with E-state index in [1.54, 1.807) is 0 Å². The molecular weight excluding hydrogens is 501 g/mol. The minimum atomic E-state index is 0. The van der Waals surface area contributed by atoms with Crippen molar-refractivity contribution in [2.24, 2.45) is 10.9 Å². The highest BCUT2D eigenvalue weighted by Gasteiger charge is 2.20. The molecule has 3 N–H and O–H groups in total. The van der Waals surface area contributed by atoms with Crippen molar-refractivity contribution in [1.29, 1.82) is 0 Å². The van der Waals surface area contributed by atoms with Gasteiger partial charge >= 0.3 is 0 Å². The van der Waals surface area contributed by atoms with E-state index in [0.717, 1.165) is 50.0 Å². The number of halogens is 2. The van der Waals surface area contributed by atoms with Crippen molar-refractivity contribution in [3.63, 3.8) is 0 Å². The Morgan fingerprint density at radius 1 is 1.21 bits per heavy atom. The van der Waals surface area contributed by atoms with Crippen LogP contribution in [0.5, 0.6) is 0 Å². The van der Waals surface area contributed by atoms with Crippen molar-refractivity contribution in [2.75, 3.05) is 32.7 Å². The highest BCUT2D eigenvalue weighted by molar-refractivity contribution is 14.0. The Morgan fingerprint density at radius 2 is 1.86 bits per heavy atom. The van der Waals surface area contributed by atoms with E-state index in [1.807, 2.05) is 26.0 Å². The minimum Gasteiger partial charge on any atom is -0.357 e. The topological polar surface area (TPSA) is 68.8 Å². The standard InChI is InChI=1S/C21H34ClN5O.HI/c1-4-23-21(25-12-11-24-20(28)16(2)3)26-19-9-13-27(14-10-19)15-17-5-7-18(22)8-6-17;/h5-8,16,19H,4,9-15H2,1-3H3,(H,24,28)(H2,23,25,26);1H. The van der Waals surface area contributed by atoms with Crippen molar-refractivity contribution >= 4 is 47.4 Å². The van der Waals surface area contributed by atoms with Crippen LogP contribution < -0.4 is 16.0 Å². The molecule has 0 spiro atoms. The quantitative estimate of drug-likeness (QED) is 0.207. The number of amides is 1. The second kappa shape index (κ2) is 14.0. The van der Waals surface area contributed by atoms with Gasteiger partial charge in [0.05, 0.1) is 6.54 Å². The summed E-state index contributed by atoms with van der Waals surface area (Å²) >= 11 is 5.96. The number of carbonyl (C=O) groups excluding carboxylic acids is 1. The summed E-state index contributed by atoms with van der Waals surface area (Å²) in [6, 6.07) is 8.52. The lowest BCUT2D eigenvalue weighted by atomic mass is 10.0. The zero-order valence-electron chi connectivity index (χ0n) is 17.7. The second-order valence-corrected chi connectivity index (χ2v) is 7.96. The monoisotopic (exact) mass is 535 g/mol. The van der Waals surface area contributed by atoms with E-state index in [2.05, 4.69) is 44.9 Å². The number of aliphatic imine (C=N–C) groups is 1. The number of nitrogens with zero attached hydrogens (tertiary/aromatic N) is 2. The summed E-state index contributed by atoms with van der Waals surface area (Å²) in [5.74, 6) is 0.909. The first kappa shape index (κ1) is 26.0. The maximum atomic E-state index is 11.6. The molecule has 1 amide bonds. The van der Waals surface area contributed by atoms with Gasteiger partial charge in [0.1, 0.15) is 0 Å². The van der Waals surface area contributed by atoms with Gasteiger partial charge in [0.15, 0.2) is 5.96 Å². The zero-order valence-corrected chi connectivity index (χ0v) is 20.8. The van der Waals surface area contributed by atoms with E-state index in [-0.39, 0.29) is 35.8 Å². The molecule has 164 valence electrons. The van der Waals surface area contributed by atoms with Gasteiger partial charge in [-0.15, -0.1) is 24.0 Å². The Hall–Kier alpha value is -1.06. The maximum Gasteiger partial charge on any atom is 0.222 e. The van der Waals surface area contributed by atoms with Crippen LogP contribution in [0.3, 0.4) is 0 Å². The van der Waals surface area contributed by atoms with Gasteiger partial charge in [0, 0.05) is 49.7 Å². The van der Waals surface area contributed by atoms with Crippen LogP contribution in [-0.4, -0.2) is 55.5 Å². The fraction of sp³-hybridized carbons (Fsp3) is 0.619. The summed E-state index contributed by atoms with van der Waals surface area (Å²) in [7, 11) is 0. The van der Waals surface area contributed by atoms with Gasteiger partial charge in [-0.05, 0) is 37.5 Å². The highest BCUT2D eigenvalue weighted by atomic mass is 127. The molecule has 29 heavy (non-hydrogen) atoms. The Labute approximate surface area is 197 Å². The third kappa shape index (κ3) is 10.00. The van der Waals surface area contributed by atoms with Gasteiger partial charge in [0.25, 0.3) is 0 Å². The van der Waals surface area contributed by atoms with Gasteiger partial charge in [-0.25, -0.2) is 0 Å². The summed E-state index contributed by atoms with van der Waals surface area (Å²) in [4.78, 5) is 18.7. The number of nitrogens with one attached hydrogen (secondary N) is 3. The maximum absolute atomic E-state index is 11.6. The molecule has 1 aromatic carbocycles. The fourth-order valence-corrected chi connectivity index (χ4v) is 3.27. The Balaban J connectivity index is 0.00000420. The van der Waals surface area contributed by atoms with E-state index in [4.69, 9.17) is 11.6 Å². The average molecular weight is 536 g/mol. The Morgan fingerprint density at radius 3 is 2.45 bits per heavy atom. The molecule has 0 atom stereocenters. The first-order chi connectivity index (χ1) is 13.5. The van der Waals surface area contributed by atoms with Crippen LogP contribution in [0.4, 0.5) is 0 Å². The number of hydrogen-bond acceptors (Lipinski definition) is 3. The van der Waals surface area contributed by atoms with Crippen molar-refractivity contribution in [3.05, 3.63) is 34.9 Å². The third-order valence-electron chi connectivity index (χ3n) is 4.80. The van der Waals surface area contributed by atoms with Gasteiger partial charge in [-0.3, -0.25) is 14.7 Å². The molecule has 0 radical (unpaired) electrons. The number of guanidine groups is 1. The number of rotatable bonds is 8. The summed E-state index contributed by atoms with van der Waals surface area (Å²) < 4.78 is 0. The van der Waals surface area contributed by atoms with Crippen molar-refractivity contribution in [3.8, 4) is 0 Å². The van der Waals surface area contributed by atoms with Crippen LogP contribution in [0.2, 0.25) is 5.02 Å². The van der Waals surface area contributed by atoms with Crippen LogP contribution in [0.15, 0.2) is 29.3 Å². The number of piperidine rings is 1. The lowest BCUT2D eigenvalue weighted by Crippen LogP contribution is -2.48. The average Bonchev–Trinajstić information content (AvgIpc) is 2.68. The summed E-state index contributed by atoms with van der Waals surface area (Å²) in [5.41, 5.74) is 1.30. The van der Waals surface area contributed by atoms with Gasteiger partial charge in [-0.1, -0.05) is 37.6 Å². The molecule has 1 aromatic rings. The normalized spacial score (nSPS) is 15.7. The van der Waals surface area contributed by atoms with E-state index in [9.17, 15) is 4.79 Å². The molecule has 0 saturated carbocycles. The molecule has 1 aliphatic rings. The smallest absolute Gasteiger partial charge is 0.222 e. The molecule has 1 fully saturated rings. The van der Waals surface area contributed by atoms with Crippen LogP contribution >= 0.6 is 35.6 Å². The molecular formula is C21H35ClIN5O. The Bertz CT molecular complexity index is 630. The van der Waals surface area contributed by atoms with Crippen LogP contribution in [-0.2, 0) is 11.3 Å². The lowest BCUT2D eigenvalue weighted by molar-refractivity contribution is -0.123. The number of hydrogen-bond donors (Lipinski definition) is 3. The zero-order chi connectivity index (χ0) is 20.4. The molecule has 1 saturated heterocycles. The van der Waals surface area contributed by atoms with E-state index in [1.165, 1.54) is 5.56 Å². The molecule has 6 nitrogen and oxygen atoms in total. The van der Waals surface area contributed by atoms with Crippen molar-refractivity contribution < 1.29 is 4.79 Å². The molecule has 1 heterocycles. The molecule has 0 bridgehead atoms. The third-order valence-corrected chi connectivity index (χ3v) is 5.05. The van der Waals surface area contributed by atoms with E-state index < -0.39 is 0 Å². The molecule has 0 aliphatic carbocycles. The van der Waals surface area contributed by atoms with Gasteiger partial charge < -0.3 is 16.0 Å². The number of benzene rings is 1. The van der Waals surface area contributed by atoms with E-state index in [0.29, 0.717) is 19.1 Å². The first-order valence-corrected chi connectivity index (χ1v) is 10.6. The SMILES string of the molecule is CCNC(=NCCNC(=O)C(C)C)NC1CCN(Cc2ccc(Cl)cc2)CC1.I. The predicted octanol–water partition coefficient (Wildman–Crippen LogP) is 3.25. The number of likely N-dealkylation sites (tertiary alicyclic amines) is 1. The first-order valence-electron chi connectivity index (χ1n) is 10.3. The van der Waals surface area contributed by atoms with E-state index >= 15 is 0 Å². The molecule has 2 rings (SSSR count). The predicted molar refractivity (Wildman–Crippen MR) is 132 cm³/mol. The van der Waals surface area contributed by atoms with Gasteiger partial charge in [-0.2, -0.15) is 0 Å². The molecule has 0 aromatic heterocycles. The molecule has 0 unspecified atom stereocenters.